The predicted octanol–water partition coefficient (Wildman–Crippen LogP) is 2.27. The van der Waals surface area contributed by atoms with Crippen LogP contribution in [0, 0.1) is 0 Å². The average molecular weight is 391 g/mol. The Bertz CT molecular complexity index is 755. The molecule has 2 rings (SSSR count). The summed E-state index contributed by atoms with van der Waals surface area (Å²) in [5.74, 6) is -0.601. The maximum Gasteiger partial charge on any atom is 0.251 e. The lowest BCUT2D eigenvalue weighted by Crippen LogP contribution is -2.46. The van der Waals surface area contributed by atoms with Crippen LogP contribution in [0.15, 0.2) is 54.6 Å². The quantitative estimate of drug-likeness (QED) is 0.613. The molecule has 0 aliphatic rings. The summed E-state index contributed by atoms with van der Waals surface area (Å²) in [6.45, 7) is 2.26. The Morgan fingerprint density at radius 3 is 2.30 bits per heavy atom. The summed E-state index contributed by atoms with van der Waals surface area (Å²) in [6, 6.07) is 15.3. The van der Waals surface area contributed by atoms with E-state index in [4.69, 9.17) is 16.3 Å². The van der Waals surface area contributed by atoms with Crippen molar-refractivity contribution in [3.05, 3.63) is 70.7 Å². The van der Waals surface area contributed by atoms with Crippen LogP contribution in [0.25, 0.3) is 0 Å². The SMILES string of the molecule is CCO[C@H](CNC(=O)c1cccc(Cl)c1)[C@@H](O)CNC(=O)c1ccccc1. The van der Waals surface area contributed by atoms with Gasteiger partial charge in [-0.3, -0.25) is 9.59 Å². The molecule has 0 radical (unpaired) electrons. The summed E-state index contributed by atoms with van der Waals surface area (Å²) in [4.78, 5) is 24.3. The molecule has 0 unspecified atom stereocenters. The van der Waals surface area contributed by atoms with Crippen LogP contribution >= 0.6 is 11.6 Å². The van der Waals surface area contributed by atoms with E-state index in [9.17, 15) is 14.7 Å². The second-order valence-corrected chi connectivity index (χ2v) is 6.29. The van der Waals surface area contributed by atoms with E-state index in [2.05, 4.69) is 10.6 Å². The van der Waals surface area contributed by atoms with E-state index in [0.717, 1.165) is 0 Å². The molecular formula is C20H23ClN2O4. The van der Waals surface area contributed by atoms with Crippen molar-refractivity contribution in [1.82, 2.24) is 10.6 Å². The molecule has 27 heavy (non-hydrogen) atoms. The van der Waals surface area contributed by atoms with Crippen LogP contribution in [0.3, 0.4) is 0 Å². The van der Waals surface area contributed by atoms with Crippen molar-refractivity contribution < 1.29 is 19.4 Å². The number of hydrogen-bond donors (Lipinski definition) is 3. The second kappa shape index (κ2) is 10.7. The molecule has 144 valence electrons. The number of hydrogen-bond acceptors (Lipinski definition) is 4. The Labute approximate surface area is 163 Å². The maximum atomic E-state index is 12.2. The smallest absolute Gasteiger partial charge is 0.251 e. The lowest BCUT2D eigenvalue weighted by molar-refractivity contribution is -0.0287. The zero-order chi connectivity index (χ0) is 19.6. The first-order chi connectivity index (χ1) is 13.0. The largest absolute Gasteiger partial charge is 0.388 e. The monoisotopic (exact) mass is 390 g/mol. The van der Waals surface area contributed by atoms with E-state index in [1.54, 1.807) is 55.5 Å². The van der Waals surface area contributed by atoms with Crippen molar-refractivity contribution in [2.75, 3.05) is 19.7 Å². The second-order valence-electron chi connectivity index (χ2n) is 5.86. The van der Waals surface area contributed by atoms with E-state index in [1.807, 2.05) is 6.07 Å². The zero-order valence-corrected chi connectivity index (χ0v) is 15.8. The van der Waals surface area contributed by atoms with Gasteiger partial charge in [-0.25, -0.2) is 0 Å². The minimum atomic E-state index is -0.975. The molecule has 3 N–H and O–H groups in total. The molecule has 2 aromatic rings. The predicted molar refractivity (Wildman–Crippen MR) is 104 cm³/mol. The van der Waals surface area contributed by atoms with Crippen LogP contribution in [-0.4, -0.2) is 48.8 Å². The minimum Gasteiger partial charge on any atom is -0.388 e. The Morgan fingerprint density at radius 2 is 1.63 bits per heavy atom. The van der Waals surface area contributed by atoms with Crippen LogP contribution in [0.2, 0.25) is 5.02 Å². The average Bonchev–Trinajstić information content (AvgIpc) is 2.69. The van der Waals surface area contributed by atoms with Crippen molar-refractivity contribution in [2.45, 2.75) is 19.1 Å². The molecule has 0 aliphatic carbocycles. The number of carbonyl (C=O) groups is 2. The van der Waals surface area contributed by atoms with Gasteiger partial charge in [-0.1, -0.05) is 35.9 Å². The first-order valence-electron chi connectivity index (χ1n) is 8.68. The molecule has 7 heteroatoms. The fraction of sp³-hybridized carbons (Fsp3) is 0.300. The number of rotatable bonds is 9. The van der Waals surface area contributed by atoms with E-state index in [-0.39, 0.29) is 24.9 Å². The normalized spacial score (nSPS) is 12.9. The lowest BCUT2D eigenvalue weighted by Gasteiger charge is -2.23. The molecule has 2 atom stereocenters. The van der Waals surface area contributed by atoms with Crippen LogP contribution in [0.1, 0.15) is 27.6 Å². The third-order valence-electron chi connectivity index (χ3n) is 3.87. The van der Waals surface area contributed by atoms with E-state index in [1.165, 1.54) is 0 Å². The van der Waals surface area contributed by atoms with Crippen molar-refractivity contribution in [3.63, 3.8) is 0 Å². The van der Waals surface area contributed by atoms with Gasteiger partial charge in [-0.05, 0) is 37.3 Å². The Balaban J connectivity index is 1.87. The first kappa shape index (κ1) is 20.9. The summed E-state index contributed by atoms with van der Waals surface area (Å²) in [5, 5.41) is 16.2. The van der Waals surface area contributed by atoms with Gasteiger partial charge in [0, 0.05) is 35.8 Å². The van der Waals surface area contributed by atoms with Gasteiger partial charge in [0.15, 0.2) is 0 Å². The van der Waals surface area contributed by atoms with Gasteiger partial charge in [0.1, 0.15) is 6.10 Å². The first-order valence-corrected chi connectivity index (χ1v) is 9.05. The van der Waals surface area contributed by atoms with Gasteiger partial charge < -0.3 is 20.5 Å². The van der Waals surface area contributed by atoms with Gasteiger partial charge in [-0.2, -0.15) is 0 Å². The Hall–Kier alpha value is -2.41. The number of benzene rings is 2. The molecule has 0 fully saturated rings. The molecule has 0 spiro atoms. The van der Waals surface area contributed by atoms with Gasteiger partial charge in [0.25, 0.3) is 11.8 Å². The molecule has 0 bridgehead atoms. The fourth-order valence-corrected chi connectivity index (χ4v) is 2.66. The molecule has 0 saturated heterocycles. The van der Waals surface area contributed by atoms with E-state index < -0.39 is 12.2 Å². The number of halogens is 1. The third-order valence-corrected chi connectivity index (χ3v) is 4.10. The highest BCUT2D eigenvalue weighted by Gasteiger charge is 2.21. The zero-order valence-electron chi connectivity index (χ0n) is 15.0. The van der Waals surface area contributed by atoms with Gasteiger partial charge in [-0.15, -0.1) is 0 Å². The molecule has 2 aromatic carbocycles. The molecule has 2 amide bonds. The van der Waals surface area contributed by atoms with E-state index >= 15 is 0 Å². The highest BCUT2D eigenvalue weighted by Crippen LogP contribution is 2.10. The minimum absolute atomic E-state index is 0.00539. The molecular weight excluding hydrogens is 368 g/mol. The maximum absolute atomic E-state index is 12.2. The highest BCUT2D eigenvalue weighted by molar-refractivity contribution is 6.30. The van der Waals surface area contributed by atoms with Gasteiger partial charge in [0.05, 0.1) is 6.10 Å². The molecule has 0 saturated carbocycles. The van der Waals surface area contributed by atoms with Crippen molar-refractivity contribution in [1.29, 1.82) is 0 Å². The summed E-state index contributed by atoms with van der Waals surface area (Å²) in [6.07, 6.45) is -1.63. The van der Waals surface area contributed by atoms with Gasteiger partial charge in [0.2, 0.25) is 0 Å². The van der Waals surface area contributed by atoms with Crippen LogP contribution < -0.4 is 10.6 Å². The van der Waals surface area contributed by atoms with Crippen molar-refractivity contribution >= 4 is 23.4 Å². The standard InChI is InChI=1S/C20H23ClN2O4/c1-2-27-18(13-23-20(26)15-9-6-10-16(21)11-15)17(24)12-22-19(25)14-7-4-3-5-8-14/h3-11,17-18,24H,2,12-13H2,1H3,(H,22,25)(H,23,26)/t17-,18+/m0/s1. The molecule has 0 aliphatic heterocycles. The Morgan fingerprint density at radius 1 is 1.00 bits per heavy atom. The number of amides is 2. The Kier molecular flexibility index (Phi) is 8.26. The highest BCUT2D eigenvalue weighted by atomic mass is 35.5. The number of carbonyl (C=O) groups excluding carboxylic acids is 2. The molecule has 0 aromatic heterocycles. The van der Waals surface area contributed by atoms with Crippen LogP contribution in [-0.2, 0) is 4.74 Å². The molecule has 6 nitrogen and oxygen atoms in total. The topological polar surface area (TPSA) is 87.7 Å². The number of nitrogens with one attached hydrogen (secondary N) is 2. The number of ether oxygens (including phenoxy) is 1. The summed E-state index contributed by atoms with van der Waals surface area (Å²) in [7, 11) is 0. The van der Waals surface area contributed by atoms with Crippen molar-refractivity contribution in [3.8, 4) is 0 Å². The third kappa shape index (κ3) is 6.67. The summed E-state index contributed by atoms with van der Waals surface area (Å²) < 4.78 is 5.51. The summed E-state index contributed by atoms with van der Waals surface area (Å²) >= 11 is 5.89. The van der Waals surface area contributed by atoms with Crippen LogP contribution in [0.5, 0.6) is 0 Å². The van der Waals surface area contributed by atoms with E-state index in [0.29, 0.717) is 22.8 Å². The lowest BCUT2D eigenvalue weighted by atomic mass is 10.1. The number of aliphatic hydroxyl groups is 1. The van der Waals surface area contributed by atoms with Crippen molar-refractivity contribution in [2.24, 2.45) is 0 Å². The fourth-order valence-electron chi connectivity index (χ4n) is 2.47. The van der Waals surface area contributed by atoms with Gasteiger partial charge >= 0.3 is 0 Å². The molecule has 0 heterocycles. The van der Waals surface area contributed by atoms with Crippen LogP contribution in [0.4, 0.5) is 0 Å². The summed E-state index contributed by atoms with van der Waals surface area (Å²) in [5.41, 5.74) is 0.927. The number of aliphatic hydroxyl groups excluding tert-OH is 1.